The molecule has 0 aliphatic rings. The first-order valence-electron chi connectivity index (χ1n) is 5.86. The number of carbonyl (C=O) groups is 1. The zero-order chi connectivity index (χ0) is 13.7. The van der Waals surface area contributed by atoms with Gasteiger partial charge in [0.2, 0.25) is 5.91 Å². The third-order valence-corrected chi connectivity index (χ3v) is 2.69. The Morgan fingerprint density at radius 1 is 1.37 bits per heavy atom. The molecular formula is C14H15N3O2. The molecule has 0 radical (unpaired) electrons. The standard InChI is InChI=1S/C14H15N3O2/c1-17-8-2-3-12(17)9-14(19)16-15-10-11-4-6-13(18)7-5-11/h2-8,10,18H,9H2,1H3,(H,16,19)/b15-10+. The van der Waals surface area contributed by atoms with Crippen LogP contribution in [0.5, 0.6) is 5.75 Å². The van der Waals surface area contributed by atoms with Gasteiger partial charge in [0.05, 0.1) is 12.6 Å². The number of hydrazone groups is 1. The number of benzene rings is 1. The summed E-state index contributed by atoms with van der Waals surface area (Å²) in [4.78, 5) is 11.6. The van der Waals surface area contributed by atoms with Crippen LogP contribution < -0.4 is 5.43 Å². The second-order valence-corrected chi connectivity index (χ2v) is 4.17. The fraction of sp³-hybridized carbons (Fsp3) is 0.143. The van der Waals surface area contributed by atoms with E-state index in [1.54, 1.807) is 24.3 Å². The Morgan fingerprint density at radius 2 is 2.11 bits per heavy atom. The van der Waals surface area contributed by atoms with E-state index in [1.165, 1.54) is 6.21 Å². The molecule has 1 aromatic heterocycles. The summed E-state index contributed by atoms with van der Waals surface area (Å²) >= 11 is 0. The molecule has 98 valence electrons. The topological polar surface area (TPSA) is 66.6 Å². The number of aryl methyl sites for hydroxylation is 1. The molecule has 5 nitrogen and oxygen atoms in total. The van der Waals surface area contributed by atoms with Gasteiger partial charge in [-0.3, -0.25) is 4.79 Å². The van der Waals surface area contributed by atoms with E-state index in [4.69, 9.17) is 5.11 Å². The van der Waals surface area contributed by atoms with E-state index in [-0.39, 0.29) is 18.1 Å². The molecule has 0 aliphatic carbocycles. The van der Waals surface area contributed by atoms with Crippen LogP contribution in [0.25, 0.3) is 0 Å². The van der Waals surface area contributed by atoms with E-state index in [0.717, 1.165) is 11.3 Å². The molecule has 0 spiro atoms. The molecule has 0 saturated carbocycles. The molecule has 0 atom stereocenters. The Morgan fingerprint density at radius 3 is 2.74 bits per heavy atom. The summed E-state index contributed by atoms with van der Waals surface area (Å²) in [7, 11) is 1.89. The van der Waals surface area contributed by atoms with Crippen molar-refractivity contribution in [2.75, 3.05) is 0 Å². The largest absolute Gasteiger partial charge is 0.508 e. The molecule has 5 heteroatoms. The summed E-state index contributed by atoms with van der Waals surface area (Å²) in [6.45, 7) is 0. The summed E-state index contributed by atoms with van der Waals surface area (Å²) in [5.74, 6) is 0.0294. The van der Waals surface area contributed by atoms with Gasteiger partial charge in [-0.1, -0.05) is 0 Å². The lowest BCUT2D eigenvalue weighted by atomic mass is 10.2. The van der Waals surface area contributed by atoms with Crippen LogP contribution >= 0.6 is 0 Å². The Balaban J connectivity index is 1.86. The van der Waals surface area contributed by atoms with Crippen LogP contribution in [0.3, 0.4) is 0 Å². The van der Waals surface area contributed by atoms with Crippen LogP contribution in [0, 0.1) is 0 Å². The quantitative estimate of drug-likeness (QED) is 0.642. The van der Waals surface area contributed by atoms with Gasteiger partial charge < -0.3 is 9.67 Å². The van der Waals surface area contributed by atoms with E-state index in [2.05, 4.69) is 10.5 Å². The zero-order valence-corrected chi connectivity index (χ0v) is 10.6. The minimum atomic E-state index is -0.170. The molecular weight excluding hydrogens is 242 g/mol. The van der Waals surface area contributed by atoms with Crippen LogP contribution in [0.15, 0.2) is 47.7 Å². The lowest BCUT2D eigenvalue weighted by Gasteiger charge is -2.01. The maximum absolute atomic E-state index is 11.6. The molecule has 2 aromatic rings. The molecule has 19 heavy (non-hydrogen) atoms. The number of phenolic OH excluding ortho intramolecular Hbond substituents is 1. The fourth-order valence-corrected chi connectivity index (χ4v) is 1.62. The Kier molecular flexibility index (Phi) is 3.97. The number of rotatable bonds is 4. The lowest BCUT2D eigenvalue weighted by Crippen LogP contribution is -2.20. The number of phenols is 1. The second-order valence-electron chi connectivity index (χ2n) is 4.17. The number of hydrogen-bond acceptors (Lipinski definition) is 3. The van der Waals surface area contributed by atoms with Crippen molar-refractivity contribution in [3.63, 3.8) is 0 Å². The van der Waals surface area contributed by atoms with Crippen molar-refractivity contribution in [2.45, 2.75) is 6.42 Å². The molecule has 0 fully saturated rings. The van der Waals surface area contributed by atoms with Crippen molar-refractivity contribution >= 4 is 12.1 Å². The molecule has 1 heterocycles. The molecule has 0 aliphatic heterocycles. The number of aromatic hydroxyl groups is 1. The summed E-state index contributed by atoms with van der Waals surface area (Å²) in [6.07, 6.45) is 3.71. The molecule has 0 bridgehead atoms. The molecule has 1 amide bonds. The van der Waals surface area contributed by atoms with Gasteiger partial charge in [-0.05, 0) is 42.0 Å². The molecule has 0 unspecified atom stereocenters. The van der Waals surface area contributed by atoms with Gasteiger partial charge in [0.1, 0.15) is 5.75 Å². The monoisotopic (exact) mass is 257 g/mol. The van der Waals surface area contributed by atoms with Crippen molar-refractivity contribution in [3.05, 3.63) is 53.9 Å². The van der Waals surface area contributed by atoms with Crippen molar-refractivity contribution in [1.29, 1.82) is 0 Å². The first-order chi connectivity index (χ1) is 9.15. The number of hydrogen-bond donors (Lipinski definition) is 2. The maximum atomic E-state index is 11.6. The molecule has 1 aromatic carbocycles. The third-order valence-electron chi connectivity index (χ3n) is 2.69. The zero-order valence-electron chi connectivity index (χ0n) is 10.6. The predicted molar refractivity (Wildman–Crippen MR) is 73.0 cm³/mol. The van der Waals surface area contributed by atoms with Crippen molar-refractivity contribution in [3.8, 4) is 5.75 Å². The Bertz CT molecular complexity index is 585. The van der Waals surface area contributed by atoms with Gasteiger partial charge in [0.15, 0.2) is 0 Å². The normalized spacial score (nSPS) is 10.8. The van der Waals surface area contributed by atoms with E-state index in [9.17, 15) is 4.79 Å². The first kappa shape index (κ1) is 12.9. The average molecular weight is 257 g/mol. The molecule has 0 saturated heterocycles. The Hall–Kier alpha value is -2.56. The second kappa shape index (κ2) is 5.86. The highest BCUT2D eigenvalue weighted by Gasteiger charge is 2.04. The third kappa shape index (κ3) is 3.70. The SMILES string of the molecule is Cn1cccc1CC(=O)N/N=C/c1ccc(O)cc1. The summed E-state index contributed by atoms with van der Waals surface area (Å²) in [6, 6.07) is 10.3. The number of amides is 1. The van der Waals surface area contributed by atoms with Crippen LogP contribution in [0.2, 0.25) is 0 Å². The van der Waals surface area contributed by atoms with Gasteiger partial charge in [0.25, 0.3) is 0 Å². The number of carbonyl (C=O) groups excluding carboxylic acids is 1. The minimum Gasteiger partial charge on any atom is -0.508 e. The first-order valence-corrected chi connectivity index (χ1v) is 5.86. The van der Waals surface area contributed by atoms with Crippen LogP contribution in [0.1, 0.15) is 11.3 Å². The summed E-state index contributed by atoms with van der Waals surface area (Å²) < 4.78 is 1.89. The number of aromatic nitrogens is 1. The average Bonchev–Trinajstić information content (AvgIpc) is 2.78. The van der Waals surface area contributed by atoms with Crippen molar-refractivity contribution in [2.24, 2.45) is 12.1 Å². The maximum Gasteiger partial charge on any atom is 0.245 e. The number of nitrogens with zero attached hydrogens (tertiary/aromatic N) is 2. The van der Waals surface area contributed by atoms with E-state index in [1.807, 2.05) is 29.9 Å². The highest BCUT2D eigenvalue weighted by atomic mass is 16.3. The van der Waals surface area contributed by atoms with Crippen LogP contribution in [0.4, 0.5) is 0 Å². The minimum absolute atomic E-state index is 0.170. The molecule has 2 N–H and O–H groups in total. The lowest BCUT2D eigenvalue weighted by molar-refractivity contribution is -0.120. The van der Waals surface area contributed by atoms with Gasteiger partial charge in [0, 0.05) is 18.9 Å². The highest BCUT2D eigenvalue weighted by Crippen LogP contribution is 2.07. The predicted octanol–water partition coefficient (Wildman–Crippen LogP) is 1.42. The van der Waals surface area contributed by atoms with Gasteiger partial charge in [-0.15, -0.1) is 0 Å². The van der Waals surface area contributed by atoms with Gasteiger partial charge >= 0.3 is 0 Å². The van der Waals surface area contributed by atoms with E-state index >= 15 is 0 Å². The van der Waals surface area contributed by atoms with Crippen molar-refractivity contribution in [1.82, 2.24) is 9.99 Å². The number of nitrogens with one attached hydrogen (secondary N) is 1. The van der Waals surface area contributed by atoms with Gasteiger partial charge in [-0.2, -0.15) is 5.10 Å². The highest BCUT2D eigenvalue weighted by molar-refractivity contribution is 5.83. The Labute approximate surface area is 111 Å². The van der Waals surface area contributed by atoms with Crippen molar-refractivity contribution < 1.29 is 9.90 Å². The van der Waals surface area contributed by atoms with E-state index in [0.29, 0.717) is 0 Å². The van der Waals surface area contributed by atoms with Crippen LogP contribution in [-0.4, -0.2) is 21.8 Å². The van der Waals surface area contributed by atoms with Gasteiger partial charge in [-0.25, -0.2) is 5.43 Å². The fourth-order valence-electron chi connectivity index (χ4n) is 1.62. The smallest absolute Gasteiger partial charge is 0.245 e. The van der Waals surface area contributed by atoms with E-state index < -0.39 is 0 Å². The summed E-state index contributed by atoms with van der Waals surface area (Å²) in [5.41, 5.74) is 4.20. The summed E-state index contributed by atoms with van der Waals surface area (Å²) in [5, 5.41) is 13.0. The van der Waals surface area contributed by atoms with Crippen LogP contribution in [-0.2, 0) is 18.3 Å². The molecule has 2 rings (SSSR count).